The van der Waals surface area contributed by atoms with Crippen LogP contribution in [-0.2, 0) is 12.2 Å². The van der Waals surface area contributed by atoms with Gasteiger partial charge in [0, 0.05) is 46.4 Å². The molecule has 0 spiro atoms. The van der Waals surface area contributed by atoms with E-state index in [0.29, 0.717) is 12.3 Å². The molecule has 0 saturated heterocycles. The molecule has 0 saturated carbocycles. The fourth-order valence-electron chi connectivity index (χ4n) is 3.52. The molecule has 4 rings (SSSR count). The standard InChI is InChI=1S/C23H24N2O3S/c1-3-29-14-19-18-6-4-5-7-21(18)28-22(19)23(26)24-11-10-15-13-25-20-12-16(27-2)8-9-17(15)20/h4-9,12-13,25H,3,10-11,14H2,1-2H3,(H,24,26). The van der Waals surface area contributed by atoms with Crippen LogP contribution in [0.25, 0.3) is 21.9 Å². The predicted octanol–water partition coefficient (Wildman–Crippen LogP) is 5.15. The van der Waals surface area contributed by atoms with Crippen molar-refractivity contribution in [3.8, 4) is 5.75 Å². The highest BCUT2D eigenvalue weighted by molar-refractivity contribution is 7.98. The minimum atomic E-state index is -0.158. The molecule has 0 aliphatic rings. The van der Waals surface area contributed by atoms with Gasteiger partial charge in [-0.2, -0.15) is 11.8 Å². The van der Waals surface area contributed by atoms with Crippen molar-refractivity contribution < 1.29 is 13.9 Å². The lowest BCUT2D eigenvalue weighted by Gasteiger charge is -2.05. The van der Waals surface area contributed by atoms with Gasteiger partial charge >= 0.3 is 0 Å². The van der Waals surface area contributed by atoms with E-state index in [1.807, 2.05) is 48.7 Å². The molecule has 4 aromatic rings. The number of furan rings is 1. The molecule has 1 amide bonds. The number of rotatable bonds is 8. The Morgan fingerprint density at radius 1 is 1.21 bits per heavy atom. The maximum Gasteiger partial charge on any atom is 0.287 e. The summed E-state index contributed by atoms with van der Waals surface area (Å²) in [5.74, 6) is 2.85. The van der Waals surface area contributed by atoms with Crippen LogP contribution < -0.4 is 10.1 Å². The summed E-state index contributed by atoms with van der Waals surface area (Å²) in [6.07, 6.45) is 2.72. The van der Waals surface area contributed by atoms with Crippen molar-refractivity contribution in [3.63, 3.8) is 0 Å². The van der Waals surface area contributed by atoms with Gasteiger partial charge in [-0.05, 0) is 35.9 Å². The summed E-state index contributed by atoms with van der Waals surface area (Å²) in [6.45, 7) is 2.65. The minimum Gasteiger partial charge on any atom is -0.497 e. The average molecular weight is 409 g/mol. The number of H-pyrrole nitrogens is 1. The van der Waals surface area contributed by atoms with E-state index in [4.69, 9.17) is 9.15 Å². The molecule has 0 aliphatic heterocycles. The van der Waals surface area contributed by atoms with Crippen LogP contribution in [0.4, 0.5) is 0 Å². The molecule has 2 aromatic carbocycles. The van der Waals surface area contributed by atoms with Crippen molar-refractivity contribution in [2.45, 2.75) is 19.1 Å². The molecule has 0 bridgehead atoms. The number of aromatic nitrogens is 1. The zero-order valence-electron chi connectivity index (χ0n) is 16.6. The molecule has 0 atom stereocenters. The number of aromatic amines is 1. The molecule has 0 radical (unpaired) electrons. The molecule has 0 fully saturated rings. The first-order valence-corrected chi connectivity index (χ1v) is 10.9. The first kappa shape index (κ1) is 19.5. The Balaban J connectivity index is 1.47. The van der Waals surface area contributed by atoms with Crippen LogP contribution in [0.5, 0.6) is 5.75 Å². The summed E-state index contributed by atoms with van der Waals surface area (Å²) in [5, 5.41) is 5.18. The zero-order chi connectivity index (χ0) is 20.2. The van der Waals surface area contributed by atoms with Crippen molar-refractivity contribution in [3.05, 3.63) is 65.5 Å². The normalized spacial score (nSPS) is 11.2. The van der Waals surface area contributed by atoms with Gasteiger partial charge in [0.25, 0.3) is 5.91 Å². The summed E-state index contributed by atoms with van der Waals surface area (Å²) < 4.78 is 11.2. The van der Waals surface area contributed by atoms with Crippen LogP contribution in [0.15, 0.2) is 53.1 Å². The maximum atomic E-state index is 12.8. The number of hydrogen-bond acceptors (Lipinski definition) is 4. The van der Waals surface area contributed by atoms with Crippen molar-refractivity contribution in [2.24, 2.45) is 0 Å². The molecule has 2 aromatic heterocycles. The van der Waals surface area contributed by atoms with E-state index < -0.39 is 0 Å². The van der Waals surface area contributed by atoms with Gasteiger partial charge in [-0.1, -0.05) is 25.1 Å². The smallest absolute Gasteiger partial charge is 0.287 e. The topological polar surface area (TPSA) is 67.3 Å². The van der Waals surface area contributed by atoms with Crippen molar-refractivity contribution in [1.82, 2.24) is 10.3 Å². The highest BCUT2D eigenvalue weighted by atomic mass is 32.2. The second-order valence-electron chi connectivity index (χ2n) is 6.77. The third kappa shape index (κ3) is 3.98. The first-order chi connectivity index (χ1) is 14.2. The number of thioether (sulfide) groups is 1. The summed E-state index contributed by atoms with van der Waals surface area (Å²) in [5.41, 5.74) is 3.93. The molecule has 2 N–H and O–H groups in total. The number of amides is 1. The van der Waals surface area contributed by atoms with Gasteiger partial charge in [0.1, 0.15) is 11.3 Å². The van der Waals surface area contributed by atoms with Crippen molar-refractivity contribution >= 4 is 39.5 Å². The van der Waals surface area contributed by atoms with E-state index in [-0.39, 0.29) is 5.91 Å². The van der Waals surface area contributed by atoms with Gasteiger partial charge in [-0.15, -0.1) is 0 Å². The number of fused-ring (bicyclic) bond motifs is 2. The number of para-hydroxylation sites is 1. The van der Waals surface area contributed by atoms with Crippen LogP contribution >= 0.6 is 11.8 Å². The molecule has 2 heterocycles. The average Bonchev–Trinajstić information content (AvgIpc) is 3.33. The molecule has 150 valence electrons. The lowest BCUT2D eigenvalue weighted by Crippen LogP contribution is -2.26. The van der Waals surface area contributed by atoms with Gasteiger partial charge in [-0.25, -0.2) is 0 Å². The van der Waals surface area contributed by atoms with Crippen LogP contribution in [0, 0.1) is 0 Å². The highest BCUT2D eigenvalue weighted by Crippen LogP contribution is 2.29. The Labute approximate surface area is 173 Å². The van der Waals surface area contributed by atoms with Gasteiger partial charge < -0.3 is 19.5 Å². The molecule has 0 unspecified atom stereocenters. The summed E-state index contributed by atoms with van der Waals surface area (Å²) in [4.78, 5) is 16.1. The number of hydrogen-bond donors (Lipinski definition) is 2. The second-order valence-corrected chi connectivity index (χ2v) is 8.05. The maximum absolute atomic E-state index is 12.8. The zero-order valence-corrected chi connectivity index (χ0v) is 17.4. The van der Waals surface area contributed by atoms with E-state index in [2.05, 4.69) is 17.2 Å². The Morgan fingerprint density at radius 2 is 2.07 bits per heavy atom. The number of nitrogens with one attached hydrogen (secondary N) is 2. The predicted molar refractivity (Wildman–Crippen MR) is 119 cm³/mol. The quantitative estimate of drug-likeness (QED) is 0.423. The number of carbonyl (C=O) groups excluding carboxylic acids is 1. The fourth-order valence-corrected chi connectivity index (χ4v) is 4.21. The molecule has 0 aliphatic carbocycles. The van der Waals surface area contributed by atoms with E-state index in [1.165, 1.54) is 0 Å². The third-order valence-corrected chi connectivity index (χ3v) is 5.91. The summed E-state index contributed by atoms with van der Waals surface area (Å²) >= 11 is 1.78. The molecule has 5 nitrogen and oxygen atoms in total. The Morgan fingerprint density at radius 3 is 2.90 bits per heavy atom. The first-order valence-electron chi connectivity index (χ1n) is 9.71. The Hall–Kier alpha value is -2.86. The van der Waals surface area contributed by atoms with Gasteiger partial charge in [0.15, 0.2) is 5.76 Å². The SMILES string of the molecule is CCSCc1c(C(=O)NCCc2c[nH]c3cc(OC)ccc23)oc2ccccc12. The van der Waals surface area contributed by atoms with Crippen LogP contribution in [0.1, 0.15) is 28.6 Å². The molecular formula is C23H24N2O3S. The number of carbonyl (C=O) groups is 1. The lowest BCUT2D eigenvalue weighted by atomic mass is 10.1. The molecular weight excluding hydrogens is 384 g/mol. The highest BCUT2D eigenvalue weighted by Gasteiger charge is 2.20. The number of ether oxygens (including phenoxy) is 1. The van der Waals surface area contributed by atoms with E-state index >= 15 is 0 Å². The Kier molecular flexibility index (Phi) is 5.81. The van der Waals surface area contributed by atoms with Crippen LogP contribution in [0.3, 0.4) is 0 Å². The van der Waals surface area contributed by atoms with Gasteiger partial charge in [-0.3, -0.25) is 4.79 Å². The monoisotopic (exact) mass is 408 g/mol. The fraction of sp³-hybridized carbons (Fsp3) is 0.261. The third-order valence-electron chi connectivity index (χ3n) is 5.01. The van der Waals surface area contributed by atoms with E-state index in [0.717, 1.165) is 56.7 Å². The van der Waals surface area contributed by atoms with Crippen LogP contribution in [-0.4, -0.2) is 30.3 Å². The van der Waals surface area contributed by atoms with E-state index in [1.54, 1.807) is 18.9 Å². The Bertz CT molecular complexity index is 1150. The van der Waals surface area contributed by atoms with Gasteiger partial charge in [0.05, 0.1) is 7.11 Å². The van der Waals surface area contributed by atoms with Gasteiger partial charge in [0.2, 0.25) is 0 Å². The molecule has 29 heavy (non-hydrogen) atoms. The number of methoxy groups -OCH3 is 1. The van der Waals surface area contributed by atoms with E-state index in [9.17, 15) is 4.79 Å². The summed E-state index contributed by atoms with van der Waals surface area (Å²) in [7, 11) is 1.66. The minimum absolute atomic E-state index is 0.158. The number of benzene rings is 2. The second kappa shape index (κ2) is 8.66. The van der Waals surface area contributed by atoms with Crippen molar-refractivity contribution in [1.29, 1.82) is 0 Å². The van der Waals surface area contributed by atoms with Crippen molar-refractivity contribution in [2.75, 3.05) is 19.4 Å². The summed E-state index contributed by atoms with van der Waals surface area (Å²) in [6, 6.07) is 13.8. The lowest BCUT2D eigenvalue weighted by molar-refractivity contribution is 0.0927. The molecule has 6 heteroatoms. The largest absolute Gasteiger partial charge is 0.497 e. The van der Waals surface area contributed by atoms with Crippen LogP contribution in [0.2, 0.25) is 0 Å².